The number of aryl methyl sites for hydroxylation is 1. The fourth-order valence-electron chi connectivity index (χ4n) is 5.90. The highest BCUT2D eigenvalue weighted by atomic mass is 16.2. The highest BCUT2D eigenvalue weighted by Gasteiger charge is 2.29. The minimum atomic E-state index is -0.396. The molecule has 1 fully saturated rings. The van der Waals surface area contributed by atoms with Crippen molar-refractivity contribution in [3.63, 3.8) is 0 Å². The van der Waals surface area contributed by atoms with E-state index in [0.717, 1.165) is 63.5 Å². The number of hydrogen-bond acceptors (Lipinski definition) is 6. The fraction of sp³-hybridized carbons (Fsp3) is 0.382. The molecule has 8 nitrogen and oxygen atoms in total. The van der Waals surface area contributed by atoms with Crippen molar-refractivity contribution in [3.8, 4) is 0 Å². The number of H-pyrrole nitrogens is 1. The van der Waals surface area contributed by atoms with Crippen LogP contribution in [0, 0.1) is 0 Å². The summed E-state index contributed by atoms with van der Waals surface area (Å²) < 4.78 is 0. The van der Waals surface area contributed by atoms with Crippen LogP contribution in [0.3, 0.4) is 0 Å². The first-order valence-electron chi connectivity index (χ1n) is 15.0. The molecule has 3 aliphatic rings. The zero-order chi connectivity index (χ0) is 29.5. The lowest BCUT2D eigenvalue weighted by molar-refractivity contribution is -0.120. The molecule has 8 heteroatoms. The zero-order valence-electron chi connectivity index (χ0n) is 25.0. The van der Waals surface area contributed by atoms with Gasteiger partial charge in [-0.2, -0.15) is 5.10 Å². The summed E-state index contributed by atoms with van der Waals surface area (Å²) in [6.45, 7) is 14.9. The molecule has 5 rings (SSSR count). The maximum atomic E-state index is 13.6. The van der Waals surface area contributed by atoms with Gasteiger partial charge < -0.3 is 15.1 Å². The Bertz CT molecular complexity index is 1420. The van der Waals surface area contributed by atoms with E-state index >= 15 is 0 Å². The summed E-state index contributed by atoms with van der Waals surface area (Å²) in [6.07, 6.45) is 19.1. The highest BCUT2D eigenvalue weighted by molar-refractivity contribution is 5.99. The number of hydrogen-bond donors (Lipinski definition) is 2. The number of carbonyl (C=O) groups excluding carboxylic acids is 1. The molecule has 2 aliphatic heterocycles. The fourth-order valence-corrected chi connectivity index (χ4v) is 5.90. The van der Waals surface area contributed by atoms with Crippen molar-refractivity contribution in [2.75, 3.05) is 38.1 Å². The van der Waals surface area contributed by atoms with Crippen LogP contribution in [0.2, 0.25) is 0 Å². The molecule has 0 radical (unpaired) electrons. The number of piperazine rings is 1. The van der Waals surface area contributed by atoms with E-state index in [-0.39, 0.29) is 5.91 Å². The van der Waals surface area contributed by atoms with E-state index in [0.29, 0.717) is 24.4 Å². The SMILES string of the molecule is C=C/C=C(\C=C/C)N1CCN(Cc2ccc3c(c2)N(C)C(=O)C(NC(=C)c2n[nH]c(CC4=CCCC=C4)n2)CC3)CC1. The number of likely N-dealkylation sites (N-methyl/N-ethyl adjacent to an activating group) is 1. The Balaban J connectivity index is 1.18. The summed E-state index contributed by atoms with van der Waals surface area (Å²) in [5.41, 5.74) is 6.41. The number of carbonyl (C=O) groups is 1. The largest absolute Gasteiger partial charge is 0.371 e. The molecule has 1 aromatic carbocycles. The molecule has 2 aromatic rings. The van der Waals surface area contributed by atoms with Gasteiger partial charge in [0.1, 0.15) is 11.9 Å². The second kappa shape index (κ2) is 13.7. The number of rotatable bonds is 10. The zero-order valence-corrected chi connectivity index (χ0v) is 25.0. The monoisotopic (exact) mass is 565 g/mol. The van der Waals surface area contributed by atoms with E-state index in [1.165, 1.54) is 22.4 Å². The predicted molar refractivity (Wildman–Crippen MR) is 171 cm³/mol. The summed E-state index contributed by atoms with van der Waals surface area (Å²) in [4.78, 5) is 24.9. The molecule has 1 saturated heterocycles. The van der Waals surface area contributed by atoms with Crippen molar-refractivity contribution in [2.24, 2.45) is 0 Å². The summed E-state index contributed by atoms with van der Waals surface area (Å²) in [6, 6.07) is 6.20. The van der Waals surface area contributed by atoms with Crippen molar-refractivity contribution >= 4 is 17.3 Å². The molecular weight excluding hydrogens is 522 g/mol. The van der Waals surface area contributed by atoms with Crippen LogP contribution in [0.25, 0.3) is 5.70 Å². The van der Waals surface area contributed by atoms with Gasteiger partial charge in [-0.15, -0.1) is 0 Å². The smallest absolute Gasteiger partial charge is 0.249 e. The van der Waals surface area contributed by atoms with Crippen molar-refractivity contribution in [1.29, 1.82) is 0 Å². The average Bonchev–Trinajstić information content (AvgIpc) is 3.44. The van der Waals surface area contributed by atoms with Crippen LogP contribution in [0.15, 0.2) is 85.2 Å². The van der Waals surface area contributed by atoms with Gasteiger partial charge in [-0.3, -0.25) is 14.8 Å². The highest BCUT2D eigenvalue weighted by Crippen LogP contribution is 2.29. The van der Waals surface area contributed by atoms with Gasteiger partial charge in [0.15, 0.2) is 5.82 Å². The van der Waals surface area contributed by atoms with Crippen molar-refractivity contribution in [3.05, 3.63) is 108 Å². The molecule has 2 N–H and O–H groups in total. The lowest BCUT2D eigenvalue weighted by atomic mass is 10.0. The second-order valence-electron chi connectivity index (χ2n) is 11.2. The molecular formula is C34H43N7O. The summed E-state index contributed by atoms with van der Waals surface area (Å²) in [5, 5.41) is 10.7. The van der Waals surface area contributed by atoms with Gasteiger partial charge in [-0.25, -0.2) is 4.98 Å². The lowest BCUT2D eigenvalue weighted by Gasteiger charge is -2.36. The van der Waals surface area contributed by atoms with Gasteiger partial charge >= 0.3 is 0 Å². The molecule has 0 saturated carbocycles. The summed E-state index contributed by atoms with van der Waals surface area (Å²) in [5.74, 6) is 1.32. The number of amides is 1. The Kier molecular flexibility index (Phi) is 9.54. The number of benzene rings is 1. The third-order valence-corrected chi connectivity index (χ3v) is 8.21. The van der Waals surface area contributed by atoms with Crippen LogP contribution < -0.4 is 10.2 Å². The van der Waals surface area contributed by atoms with Crippen LogP contribution in [0.1, 0.15) is 49.0 Å². The van der Waals surface area contributed by atoms with Gasteiger partial charge in [0, 0.05) is 57.6 Å². The van der Waals surface area contributed by atoms with Crippen molar-refractivity contribution in [1.82, 2.24) is 30.3 Å². The molecule has 42 heavy (non-hydrogen) atoms. The Morgan fingerprint density at radius 3 is 2.79 bits per heavy atom. The third kappa shape index (κ3) is 6.99. The molecule has 1 aliphatic carbocycles. The molecule has 3 heterocycles. The van der Waals surface area contributed by atoms with Gasteiger partial charge in [-0.1, -0.05) is 55.7 Å². The third-order valence-electron chi connectivity index (χ3n) is 8.21. The van der Waals surface area contributed by atoms with Crippen LogP contribution in [0.4, 0.5) is 5.69 Å². The number of aromatic amines is 1. The topological polar surface area (TPSA) is 80.4 Å². The Morgan fingerprint density at radius 1 is 1.21 bits per heavy atom. The van der Waals surface area contributed by atoms with Crippen LogP contribution in [0.5, 0.6) is 0 Å². The number of nitrogens with zero attached hydrogens (tertiary/aromatic N) is 5. The van der Waals surface area contributed by atoms with Crippen LogP contribution in [-0.4, -0.2) is 70.2 Å². The molecule has 1 atom stereocenters. The molecule has 1 aromatic heterocycles. The lowest BCUT2D eigenvalue weighted by Crippen LogP contribution is -2.45. The number of anilines is 1. The van der Waals surface area contributed by atoms with Crippen molar-refractivity contribution in [2.45, 2.75) is 51.6 Å². The molecule has 0 bridgehead atoms. The predicted octanol–water partition coefficient (Wildman–Crippen LogP) is 4.93. The number of allylic oxidation sites excluding steroid dienone is 8. The van der Waals surface area contributed by atoms with E-state index in [9.17, 15) is 4.79 Å². The Labute approximate surface area is 249 Å². The second-order valence-corrected chi connectivity index (χ2v) is 11.2. The first kappa shape index (κ1) is 29.3. The summed E-state index contributed by atoms with van der Waals surface area (Å²) in [7, 11) is 1.87. The maximum absolute atomic E-state index is 13.6. The van der Waals surface area contributed by atoms with Gasteiger partial charge in [-0.05, 0) is 67.5 Å². The molecule has 1 amide bonds. The van der Waals surface area contributed by atoms with Gasteiger partial charge in [0.2, 0.25) is 5.91 Å². The van der Waals surface area contributed by atoms with Gasteiger partial charge in [0.05, 0.1) is 5.70 Å². The maximum Gasteiger partial charge on any atom is 0.249 e. The molecule has 0 spiro atoms. The van der Waals surface area contributed by atoms with Gasteiger partial charge in [0.25, 0.3) is 0 Å². The normalized spacial score (nSPS) is 20.0. The minimum absolute atomic E-state index is 0.0273. The van der Waals surface area contributed by atoms with Crippen LogP contribution >= 0.6 is 0 Å². The molecule has 1 unspecified atom stereocenters. The quantitative estimate of drug-likeness (QED) is 0.398. The first-order chi connectivity index (χ1) is 20.4. The summed E-state index contributed by atoms with van der Waals surface area (Å²) >= 11 is 0. The Morgan fingerprint density at radius 2 is 2.05 bits per heavy atom. The number of fused-ring (bicyclic) bond motifs is 1. The molecule has 220 valence electrons. The number of aromatic nitrogens is 3. The Hall–Kier alpha value is -4.17. The first-order valence-corrected chi connectivity index (χ1v) is 15.0. The van der Waals surface area contributed by atoms with E-state index in [1.807, 2.05) is 20.0 Å². The van der Waals surface area contributed by atoms with Crippen molar-refractivity contribution < 1.29 is 4.79 Å². The minimum Gasteiger partial charge on any atom is -0.371 e. The standard InChI is InChI=1S/C34H43N7O/c1-5-10-29(11-6-2)41-20-18-40(19-21-41)24-27-14-15-28-16-17-30(34(42)39(4)31(28)22-27)35-25(3)33-36-32(37-38-33)23-26-12-8-7-9-13-26/h5-6,8,10-15,22,30,35H,1,3,7,9,16-21,23-24H2,2,4H3,(H,36,37,38)/b11-6-,29-10+. The van der Waals surface area contributed by atoms with E-state index in [1.54, 1.807) is 4.90 Å². The number of nitrogens with one attached hydrogen (secondary N) is 2. The van der Waals surface area contributed by atoms with E-state index < -0.39 is 6.04 Å². The van der Waals surface area contributed by atoms with Crippen LogP contribution in [-0.2, 0) is 24.2 Å². The van der Waals surface area contributed by atoms with E-state index in [4.69, 9.17) is 0 Å². The van der Waals surface area contributed by atoms with E-state index in [2.05, 4.69) is 98.1 Å². The average molecular weight is 566 g/mol.